The third-order valence-electron chi connectivity index (χ3n) is 12.9. The summed E-state index contributed by atoms with van der Waals surface area (Å²) in [4.78, 5) is 0. The zero-order valence-corrected chi connectivity index (χ0v) is 34.7. The molecular formula is C34H58Cl4N2Zr2. The summed E-state index contributed by atoms with van der Waals surface area (Å²) in [7, 11) is 19.7. The van der Waals surface area contributed by atoms with E-state index in [0.29, 0.717) is 0 Å². The van der Waals surface area contributed by atoms with Gasteiger partial charge in [-0.1, -0.05) is 126 Å². The first kappa shape index (κ1) is 39.3. The zero-order valence-electron chi connectivity index (χ0n) is 26.8. The molecular weight excluding hydrogens is 761 g/mol. The molecule has 2 heterocycles. The molecule has 8 heteroatoms. The van der Waals surface area contributed by atoms with Gasteiger partial charge in [0.1, 0.15) is 0 Å². The van der Waals surface area contributed by atoms with Crippen LogP contribution in [0.25, 0.3) is 10.6 Å². The number of fused-ring (bicyclic) bond motifs is 10. The molecule has 42 heavy (non-hydrogen) atoms. The second kappa shape index (κ2) is 19.1. The standard InChI is InChI=1S/2C16H26N.2CH3.4ClH.2Zr/c2*1-10-6-7-15-13(8-10)14-9-11-4-2-3-5-12(11)16(14)17-15;;;;;;;;/h2*10-16H,2-9H2,1H3;2*1H3;4*1H;;/q4*-1;;;;;2*+4/p-4. The second-order valence-corrected chi connectivity index (χ2v) is 22.4. The molecule has 0 bridgehead atoms. The number of hydrogen-bond acceptors (Lipinski definition) is 0. The topological polar surface area (TPSA) is 28.2 Å². The van der Waals surface area contributed by atoms with E-state index in [1.807, 2.05) is 0 Å². The van der Waals surface area contributed by atoms with Crippen molar-refractivity contribution < 1.29 is 41.7 Å². The second-order valence-electron chi connectivity index (χ2n) is 14.9. The van der Waals surface area contributed by atoms with Gasteiger partial charge in [0.25, 0.3) is 0 Å². The van der Waals surface area contributed by atoms with Gasteiger partial charge in [-0.25, -0.2) is 0 Å². The van der Waals surface area contributed by atoms with Crippen LogP contribution in [-0.4, -0.2) is 24.2 Å². The van der Waals surface area contributed by atoms with Crippen molar-refractivity contribution in [1.82, 2.24) is 0 Å². The Bertz CT molecular complexity index is 718. The van der Waals surface area contributed by atoms with Crippen molar-refractivity contribution in [1.29, 1.82) is 0 Å². The summed E-state index contributed by atoms with van der Waals surface area (Å²) in [6.45, 7) is 4.93. The van der Waals surface area contributed by atoms with Crippen molar-refractivity contribution in [2.24, 2.45) is 59.2 Å². The van der Waals surface area contributed by atoms with Crippen molar-refractivity contribution in [2.45, 2.75) is 141 Å². The average Bonchev–Trinajstić information content (AvgIpc) is 3.68. The summed E-state index contributed by atoms with van der Waals surface area (Å²) in [5.74, 6) is 10.1. The van der Waals surface area contributed by atoms with E-state index in [2.05, 4.69) is 13.8 Å². The molecule has 0 N–H and O–H groups in total. The van der Waals surface area contributed by atoms with Crippen molar-refractivity contribution in [3.63, 3.8) is 0 Å². The molecule has 0 aromatic rings. The van der Waals surface area contributed by atoms with E-state index in [0.717, 1.165) is 83.3 Å². The Morgan fingerprint density at radius 3 is 1.19 bits per heavy atom. The van der Waals surface area contributed by atoms with Gasteiger partial charge in [-0.15, -0.1) is 24.2 Å². The summed E-state index contributed by atoms with van der Waals surface area (Å²) in [6, 6.07) is 3.18. The van der Waals surface area contributed by atoms with Crippen LogP contribution in [-0.2, 0) is 41.7 Å². The van der Waals surface area contributed by atoms with Crippen molar-refractivity contribution in [3.05, 3.63) is 25.5 Å². The van der Waals surface area contributed by atoms with Gasteiger partial charge in [0.15, 0.2) is 0 Å². The molecule has 240 valence electrons. The van der Waals surface area contributed by atoms with Crippen LogP contribution in [0.4, 0.5) is 0 Å². The minimum absolute atomic E-state index is 0. The first-order valence-corrected chi connectivity index (χ1v) is 29.5. The van der Waals surface area contributed by atoms with Crippen LogP contribution in [0.1, 0.15) is 117 Å². The average molecular weight is 819 g/mol. The molecule has 0 aromatic carbocycles. The molecule has 8 aliphatic rings. The quantitative estimate of drug-likeness (QED) is 0.218. The van der Waals surface area contributed by atoms with E-state index in [9.17, 15) is 0 Å². The number of halogens is 4. The van der Waals surface area contributed by atoms with Crippen LogP contribution < -0.4 is 0 Å². The molecule has 14 atom stereocenters. The molecule has 0 spiro atoms. The summed E-state index contributed by atoms with van der Waals surface area (Å²) in [5, 5.41) is 10.6. The predicted octanol–water partition coefficient (Wildman–Crippen LogP) is 12.4. The molecule has 8 fully saturated rings. The molecule has 0 amide bonds. The monoisotopic (exact) mass is 814 g/mol. The first-order chi connectivity index (χ1) is 19.5. The van der Waals surface area contributed by atoms with Crippen LogP contribution in [0.2, 0.25) is 0 Å². The predicted molar refractivity (Wildman–Crippen MR) is 178 cm³/mol. The maximum atomic E-state index is 5.29. The van der Waals surface area contributed by atoms with E-state index in [4.69, 9.17) is 44.7 Å². The van der Waals surface area contributed by atoms with Gasteiger partial charge in [-0.2, -0.15) is 0 Å². The molecule has 0 radical (unpaired) electrons. The van der Waals surface area contributed by atoms with Crippen LogP contribution in [0.5, 0.6) is 0 Å². The fourth-order valence-corrected chi connectivity index (χ4v) is 11.4. The van der Waals surface area contributed by atoms with E-state index < -0.39 is 41.7 Å². The van der Waals surface area contributed by atoms with Crippen molar-refractivity contribution in [3.8, 4) is 0 Å². The Labute approximate surface area is 298 Å². The van der Waals surface area contributed by atoms with E-state index in [1.54, 1.807) is 12.8 Å². The van der Waals surface area contributed by atoms with Crippen LogP contribution in [0.3, 0.4) is 0 Å². The van der Waals surface area contributed by atoms with Gasteiger partial charge in [-0.3, -0.25) is 0 Å². The van der Waals surface area contributed by atoms with Crippen LogP contribution >= 0.6 is 34.1 Å². The summed E-state index contributed by atoms with van der Waals surface area (Å²) in [6.07, 6.45) is 23.9. The normalized spacial score (nSPS) is 46.9. The molecule has 0 aromatic heterocycles. The number of rotatable bonds is 0. The molecule has 2 saturated heterocycles. The Balaban J connectivity index is 0.000000187. The van der Waals surface area contributed by atoms with Gasteiger partial charge >= 0.3 is 75.7 Å². The first-order valence-electron chi connectivity index (χ1n) is 16.8. The number of hydrogen-bond donors (Lipinski definition) is 0. The molecule has 6 aliphatic carbocycles. The summed E-state index contributed by atoms with van der Waals surface area (Å²) >= 11 is -1.65. The zero-order chi connectivity index (χ0) is 28.2. The molecule has 8 rings (SSSR count). The summed E-state index contributed by atoms with van der Waals surface area (Å²) in [5.41, 5.74) is 0. The molecule has 14 unspecified atom stereocenters. The van der Waals surface area contributed by atoms with Crippen LogP contribution in [0, 0.1) is 74.0 Å². The third-order valence-corrected chi connectivity index (χ3v) is 12.9. The van der Waals surface area contributed by atoms with Gasteiger partial charge in [0.2, 0.25) is 0 Å². The van der Waals surface area contributed by atoms with Gasteiger partial charge in [0.05, 0.1) is 0 Å². The van der Waals surface area contributed by atoms with Crippen LogP contribution in [0.15, 0.2) is 0 Å². The van der Waals surface area contributed by atoms with Gasteiger partial charge in [-0.05, 0) is 49.4 Å². The Kier molecular flexibility index (Phi) is 17.9. The molecule has 2 aliphatic heterocycles. The Hall–Kier alpha value is 2.85. The Morgan fingerprint density at radius 2 is 0.810 bits per heavy atom. The third kappa shape index (κ3) is 9.09. The van der Waals surface area contributed by atoms with E-state index in [1.165, 1.54) is 89.9 Å². The molecule has 6 saturated carbocycles. The molecule has 2 nitrogen and oxygen atoms in total. The Morgan fingerprint density at radius 1 is 0.452 bits per heavy atom. The SMILES string of the molecule is CC1CCC2[N-]C3C4CCCCC4CC3C2C1.CC1CCC2[N-]C3C4CCCCC4CC3C2C1.[CH3-].[CH3-].[Cl][Zr+2][Cl].[Cl][Zr+2][Cl]. The van der Waals surface area contributed by atoms with Crippen molar-refractivity contribution in [2.75, 3.05) is 0 Å². The fourth-order valence-electron chi connectivity index (χ4n) is 11.4. The van der Waals surface area contributed by atoms with Gasteiger partial charge < -0.3 is 25.5 Å². The van der Waals surface area contributed by atoms with Gasteiger partial charge in [0, 0.05) is 0 Å². The number of nitrogens with zero attached hydrogens (tertiary/aromatic N) is 2. The van der Waals surface area contributed by atoms with E-state index in [-0.39, 0.29) is 14.9 Å². The summed E-state index contributed by atoms with van der Waals surface area (Å²) < 4.78 is 0. The minimum atomic E-state index is -0.826. The van der Waals surface area contributed by atoms with Crippen molar-refractivity contribution >= 4 is 34.1 Å². The van der Waals surface area contributed by atoms with E-state index >= 15 is 0 Å². The maximum absolute atomic E-state index is 5.29. The fraction of sp³-hybridized carbons (Fsp3) is 0.941.